The van der Waals surface area contributed by atoms with Gasteiger partial charge in [-0.2, -0.15) is 0 Å². The number of fused-ring (bicyclic) bond motifs is 6. The molecular formula is C44H29NO. The number of nitrogens with zero attached hydrogens (tertiary/aromatic N) is 1. The van der Waals surface area contributed by atoms with E-state index in [0.717, 1.165) is 39.0 Å². The van der Waals surface area contributed by atoms with Crippen LogP contribution in [0.2, 0.25) is 0 Å². The lowest BCUT2D eigenvalue weighted by atomic mass is 9.97. The van der Waals surface area contributed by atoms with Gasteiger partial charge in [0.2, 0.25) is 0 Å². The van der Waals surface area contributed by atoms with Gasteiger partial charge in [-0.1, -0.05) is 133 Å². The Labute approximate surface area is 267 Å². The molecule has 1 heterocycles. The molecule has 0 saturated carbocycles. The third kappa shape index (κ3) is 4.43. The smallest absolute Gasteiger partial charge is 0.159 e. The second kappa shape index (κ2) is 10.8. The number of para-hydroxylation sites is 2. The number of benzene rings is 8. The van der Waals surface area contributed by atoms with Crippen LogP contribution < -0.4 is 4.90 Å². The Balaban J connectivity index is 1.16. The lowest BCUT2D eigenvalue weighted by Gasteiger charge is -2.26. The van der Waals surface area contributed by atoms with Crippen molar-refractivity contribution in [2.24, 2.45) is 0 Å². The first-order valence-electron chi connectivity index (χ1n) is 15.7. The summed E-state index contributed by atoms with van der Waals surface area (Å²) >= 11 is 0. The summed E-state index contributed by atoms with van der Waals surface area (Å²) < 4.78 is 6.52. The van der Waals surface area contributed by atoms with E-state index in [0.29, 0.717) is 0 Å². The Bertz CT molecular complexity index is 2510. The first-order valence-corrected chi connectivity index (χ1v) is 15.7. The minimum absolute atomic E-state index is 0.877. The van der Waals surface area contributed by atoms with E-state index in [9.17, 15) is 0 Å². The first kappa shape index (κ1) is 26.3. The highest BCUT2D eigenvalue weighted by Gasteiger charge is 2.19. The Hall–Kier alpha value is -6.12. The number of anilines is 3. The van der Waals surface area contributed by atoms with E-state index in [1.807, 2.05) is 12.1 Å². The third-order valence-corrected chi connectivity index (χ3v) is 9.06. The Morgan fingerprint density at radius 2 is 0.913 bits per heavy atom. The molecule has 0 fully saturated rings. The maximum absolute atomic E-state index is 6.52. The van der Waals surface area contributed by atoms with Crippen molar-refractivity contribution in [3.63, 3.8) is 0 Å². The van der Waals surface area contributed by atoms with Gasteiger partial charge in [0.25, 0.3) is 0 Å². The van der Waals surface area contributed by atoms with Crippen molar-refractivity contribution in [2.45, 2.75) is 0 Å². The molecule has 2 heteroatoms. The van der Waals surface area contributed by atoms with Crippen LogP contribution in [0, 0.1) is 0 Å². The molecule has 0 radical (unpaired) electrons. The molecule has 46 heavy (non-hydrogen) atoms. The monoisotopic (exact) mass is 587 g/mol. The van der Waals surface area contributed by atoms with Crippen molar-refractivity contribution < 1.29 is 4.42 Å². The summed E-state index contributed by atoms with van der Waals surface area (Å²) in [5, 5.41) is 7.32. The Morgan fingerprint density at radius 1 is 0.348 bits per heavy atom. The maximum atomic E-state index is 6.52. The van der Waals surface area contributed by atoms with Crippen molar-refractivity contribution in [2.75, 3.05) is 4.90 Å². The number of hydrogen-bond donors (Lipinski definition) is 0. The number of furan rings is 1. The highest BCUT2D eigenvalue weighted by molar-refractivity contribution is 6.10. The maximum Gasteiger partial charge on any atom is 0.159 e. The zero-order valence-corrected chi connectivity index (χ0v) is 25.1. The van der Waals surface area contributed by atoms with Crippen molar-refractivity contribution in [3.05, 3.63) is 176 Å². The van der Waals surface area contributed by atoms with E-state index >= 15 is 0 Å². The van der Waals surface area contributed by atoms with Crippen molar-refractivity contribution in [1.82, 2.24) is 0 Å². The molecule has 0 aliphatic carbocycles. The summed E-state index contributed by atoms with van der Waals surface area (Å²) in [6.45, 7) is 0. The summed E-state index contributed by atoms with van der Waals surface area (Å²) in [6, 6.07) is 62.7. The highest BCUT2D eigenvalue weighted by atomic mass is 16.3. The second-order valence-electron chi connectivity index (χ2n) is 11.8. The van der Waals surface area contributed by atoms with Gasteiger partial charge in [-0.05, 0) is 86.3 Å². The van der Waals surface area contributed by atoms with Crippen molar-refractivity contribution in [3.8, 4) is 22.3 Å². The van der Waals surface area contributed by atoms with Crippen LogP contribution in [0.5, 0.6) is 0 Å². The average molecular weight is 588 g/mol. The molecule has 0 bridgehead atoms. The van der Waals surface area contributed by atoms with Gasteiger partial charge in [0.05, 0.1) is 5.69 Å². The van der Waals surface area contributed by atoms with Crippen LogP contribution in [0.25, 0.3) is 65.7 Å². The molecule has 0 unspecified atom stereocenters. The van der Waals surface area contributed by atoms with E-state index in [-0.39, 0.29) is 0 Å². The van der Waals surface area contributed by atoms with Crippen LogP contribution in [0.1, 0.15) is 0 Å². The fraction of sp³-hybridized carbons (Fsp3) is 0. The second-order valence-corrected chi connectivity index (χ2v) is 11.8. The minimum atomic E-state index is 0.877. The largest absolute Gasteiger partial charge is 0.454 e. The van der Waals surface area contributed by atoms with E-state index in [4.69, 9.17) is 4.42 Å². The van der Waals surface area contributed by atoms with Gasteiger partial charge in [-0.15, -0.1) is 0 Å². The molecule has 0 spiro atoms. The molecule has 1 aromatic heterocycles. The van der Waals surface area contributed by atoms with Gasteiger partial charge >= 0.3 is 0 Å². The standard InChI is InChI=1S/C44H29NO/c1-2-9-30(10-3-1)31-19-24-36(25-20-31)45(42-15-8-14-41-40-13-6-7-16-43(40)46-44(41)42)37-26-21-32(22-27-37)34-23-28-39-35(29-34)18-17-33-11-4-5-12-38(33)39/h1-29H. The van der Waals surface area contributed by atoms with E-state index in [2.05, 4.69) is 169 Å². The van der Waals surface area contributed by atoms with Gasteiger partial charge in [0.1, 0.15) is 5.58 Å². The van der Waals surface area contributed by atoms with Gasteiger partial charge < -0.3 is 9.32 Å². The normalized spacial score (nSPS) is 11.5. The lowest BCUT2D eigenvalue weighted by molar-refractivity contribution is 0.669. The zero-order chi connectivity index (χ0) is 30.5. The molecule has 0 saturated heterocycles. The molecule has 8 aromatic carbocycles. The lowest BCUT2D eigenvalue weighted by Crippen LogP contribution is -2.10. The summed E-state index contributed by atoms with van der Waals surface area (Å²) in [5.74, 6) is 0. The Morgan fingerprint density at radius 3 is 1.70 bits per heavy atom. The van der Waals surface area contributed by atoms with Crippen LogP contribution in [0.3, 0.4) is 0 Å². The van der Waals surface area contributed by atoms with Crippen LogP contribution in [-0.4, -0.2) is 0 Å². The van der Waals surface area contributed by atoms with Crippen LogP contribution in [0.4, 0.5) is 17.1 Å². The van der Waals surface area contributed by atoms with Crippen LogP contribution >= 0.6 is 0 Å². The predicted octanol–water partition coefficient (Wildman–Crippen LogP) is 12.7. The molecule has 0 amide bonds. The molecule has 0 N–H and O–H groups in total. The summed E-state index contributed by atoms with van der Waals surface area (Å²) in [6.07, 6.45) is 0. The first-order chi connectivity index (χ1) is 22.8. The van der Waals surface area contributed by atoms with Gasteiger partial charge in [-0.3, -0.25) is 0 Å². The van der Waals surface area contributed by atoms with Crippen LogP contribution in [-0.2, 0) is 0 Å². The molecule has 0 aliphatic heterocycles. The summed E-state index contributed by atoms with van der Waals surface area (Å²) in [5.41, 5.74) is 9.68. The van der Waals surface area contributed by atoms with Crippen molar-refractivity contribution in [1.29, 1.82) is 0 Å². The fourth-order valence-electron chi connectivity index (χ4n) is 6.76. The zero-order valence-electron chi connectivity index (χ0n) is 25.1. The third-order valence-electron chi connectivity index (χ3n) is 9.06. The van der Waals surface area contributed by atoms with Gasteiger partial charge in [0, 0.05) is 22.1 Å². The van der Waals surface area contributed by atoms with E-state index in [1.165, 1.54) is 43.8 Å². The molecule has 0 aliphatic rings. The molecule has 0 atom stereocenters. The minimum Gasteiger partial charge on any atom is -0.454 e. The topological polar surface area (TPSA) is 16.4 Å². The van der Waals surface area contributed by atoms with Crippen molar-refractivity contribution >= 4 is 60.5 Å². The highest BCUT2D eigenvalue weighted by Crippen LogP contribution is 2.43. The predicted molar refractivity (Wildman–Crippen MR) is 194 cm³/mol. The van der Waals surface area contributed by atoms with E-state index in [1.54, 1.807) is 0 Å². The summed E-state index contributed by atoms with van der Waals surface area (Å²) in [7, 11) is 0. The number of hydrogen-bond acceptors (Lipinski definition) is 2. The SMILES string of the molecule is c1ccc(-c2ccc(N(c3ccc(-c4ccc5c(ccc6ccccc65)c4)cc3)c3cccc4c3oc3ccccc34)cc2)cc1. The quantitative estimate of drug-likeness (QED) is 0.186. The molecule has 2 nitrogen and oxygen atoms in total. The van der Waals surface area contributed by atoms with Crippen LogP contribution in [0.15, 0.2) is 180 Å². The summed E-state index contributed by atoms with van der Waals surface area (Å²) in [4.78, 5) is 2.30. The molecular weight excluding hydrogens is 558 g/mol. The molecule has 9 rings (SSSR count). The molecule has 9 aromatic rings. The molecule has 216 valence electrons. The Kier molecular flexibility index (Phi) is 6.17. The van der Waals surface area contributed by atoms with Gasteiger partial charge in [0.15, 0.2) is 5.58 Å². The van der Waals surface area contributed by atoms with E-state index < -0.39 is 0 Å². The number of rotatable bonds is 5. The van der Waals surface area contributed by atoms with Gasteiger partial charge in [-0.25, -0.2) is 0 Å². The fourth-order valence-corrected chi connectivity index (χ4v) is 6.76. The average Bonchev–Trinajstić information content (AvgIpc) is 3.52.